The van der Waals surface area contributed by atoms with Gasteiger partial charge >= 0.3 is 0 Å². The molecule has 2 aromatic rings. The minimum absolute atomic E-state index is 0.0208. The van der Waals surface area contributed by atoms with E-state index in [4.69, 9.17) is 0 Å². The van der Waals surface area contributed by atoms with Crippen LogP contribution < -0.4 is 10.2 Å². The number of nitrogens with zero attached hydrogens (tertiary/aromatic N) is 4. The van der Waals surface area contributed by atoms with Crippen LogP contribution in [0.5, 0.6) is 0 Å². The predicted octanol–water partition coefficient (Wildman–Crippen LogP) is 1.71. The van der Waals surface area contributed by atoms with Crippen molar-refractivity contribution in [2.45, 2.75) is 19.4 Å². The summed E-state index contributed by atoms with van der Waals surface area (Å²) >= 11 is 0. The first-order chi connectivity index (χ1) is 13.0. The van der Waals surface area contributed by atoms with Gasteiger partial charge < -0.3 is 15.1 Å². The summed E-state index contributed by atoms with van der Waals surface area (Å²) in [4.78, 5) is 36.5. The molecule has 27 heavy (non-hydrogen) atoms. The van der Waals surface area contributed by atoms with Gasteiger partial charge in [-0.3, -0.25) is 14.6 Å². The number of aromatic nitrogens is 2. The number of piperidine rings is 1. The summed E-state index contributed by atoms with van der Waals surface area (Å²) in [5, 5.41) is 3.01. The molecule has 0 bridgehead atoms. The summed E-state index contributed by atoms with van der Waals surface area (Å²) < 4.78 is 0. The lowest BCUT2D eigenvalue weighted by atomic mass is 9.96. The smallest absolute Gasteiger partial charge is 0.253 e. The molecule has 1 aromatic heterocycles. The Hall–Kier alpha value is -2.96. The number of hydrogen-bond acceptors (Lipinski definition) is 5. The zero-order valence-corrected chi connectivity index (χ0v) is 15.8. The predicted molar refractivity (Wildman–Crippen MR) is 103 cm³/mol. The molecule has 3 rings (SSSR count). The summed E-state index contributed by atoms with van der Waals surface area (Å²) in [6, 6.07) is 7.35. The van der Waals surface area contributed by atoms with Gasteiger partial charge in [-0.2, -0.15) is 0 Å². The van der Waals surface area contributed by atoms with E-state index in [1.54, 1.807) is 49.7 Å². The molecule has 2 amide bonds. The first kappa shape index (κ1) is 18.8. The Kier molecular flexibility index (Phi) is 6.01. The van der Waals surface area contributed by atoms with E-state index in [0.29, 0.717) is 12.1 Å². The van der Waals surface area contributed by atoms with Crippen molar-refractivity contribution in [1.29, 1.82) is 0 Å². The monoisotopic (exact) mass is 367 g/mol. The normalized spacial score (nSPS) is 14.7. The molecule has 1 fully saturated rings. The molecule has 0 radical (unpaired) electrons. The van der Waals surface area contributed by atoms with Crippen LogP contribution in [0, 0.1) is 5.92 Å². The van der Waals surface area contributed by atoms with Gasteiger partial charge in [0.2, 0.25) is 5.91 Å². The van der Waals surface area contributed by atoms with Crippen LogP contribution in [0.4, 0.5) is 5.82 Å². The fourth-order valence-corrected chi connectivity index (χ4v) is 3.18. The maximum atomic E-state index is 12.5. The third kappa shape index (κ3) is 4.81. The van der Waals surface area contributed by atoms with Crippen LogP contribution in [-0.2, 0) is 11.3 Å². The number of nitrogens with one attached hydrogen (secondary N) is 1. The second kappa shape index (κ2) is 8.62. The average molecular weight is 367 g/mol. The van der Waals surface area contributed by atoms with Gasteiger partial charge in [0, 0.05) is 57.6 Å². The Morgan fingerprint density at radius 3 is 2.44 bits per heavy atom. The van der Waals surface area contributed by atoms with Gasteiger partial charge in [-0.25, -0.2) is 4.98 Å². The lowest BCUT2D eigenvalue weighted by Crippen LogP contribution is -2.40. The van der Waals surface area contributed by atoms with E-state index in [-0.39, 0.29) is 17.7 Å². The number of rotatable bonds is 5. The van der Waals surface area contributed by atoms with Gasteiger partial charge in [0.05, 0.1) is 6.20 Å². The first-order valence-corrected chi connectivity index (χ1v) is 9.14. The number of amides is 2. The van der Waals surface area contributed by atoms with Crippen LogP contribution in [0.2, 0.25) is 0 Å². The van der Waals surface area contributed by atoms with E-state index in [1.165, 1.54) is 0 Å². The van der Waals surface area contributed by atoms with Crippen LogP contribution in [0.3, 0.4) is 0 Å². The van der Waals surface area contributed by atoms with E-state index >= 15 is 0 Å². The number of anilines is 1. The van der Waals surface area contributed by atoms with Gasteiger partial charge in [0.15, 0.2) is 0 Å². The Bertz CT molecular complexity index is 769. The first-order valence-electron chi connectivity index (χ1n) is 9.14. The van der Waals surface area contributed by atoms with Crippen LogP contribution >= 0.6 is 0 Å². The number of carbonyl (C=O) groups excluding carboxylic acids is 2. The van der Waals surface area contributed by atoms with E-state index in [2.05, 4.69) is 20.2 Å². The summed E-state index contributed by atoms with van der Waals surface area (Å²) in [6.07, 6.45) is 6.71. The number of hydrogen-bond donors (Lipinski definition) is 1. The molecule has 0 atom stereocenters. The van der Waals surface area contributed by atoms with Crippen molar-refractivity contribution in [3.8, 4) is 0 Å². The maximum Gasteiger partial charge on any atom is 0.253 e. The zero-order chi connectivity index (χ0) is 19.2. The highest BCUT2D eigenvalue weighted by atomic mass is 16.2. The van der Waals surface area contributed by atoms with Gasteiger partial charge in [-0.15, -0.1) is 0 Å². The molecular weight excluding hydrogens is 342 g/mol. The number of benzene rings is 1. The summed E-state index contributed by atoms with van der Waals surface area (Å²) in [5.41, 5.74) is 1.63. The van der Waals surface area contributed by atoms with Gasteiger partial charge in [0.1, 0.15) is 5.82 Å². The molecule has 0 saturated carbocycles. The minimum Gasteiger partial charge on any atom is -0.355 e. The topological polar surface area (TPSA) is 78.4 Å². The van der Waals surface area contributed by atoms with Crippen molar-refractivity contribution in [3.63, 3.8) is 0 Å². The molecule has 2 heterocycles. The van der Waals surface area contributed by atoms with Gasteiger partial charge in [-0.05, 0) is 30.5 Å². The van der Waals surface area contributed by atoms with Gasteiger partial charge in [0.25, 0.3) is 5.91 Å². The minimum atomic E-state index is -0.0274. The lowest BCUT2D eigenvalue weighted by Gasteiger charge is -2.31. The Morgan fingerprint density at radius 1 is 1.15 bits per heavy atom. The number of carbonyl (C=O) groups is 2. The van der Waals surface area contributed by atoms with Crippen molar-refractivity contribution >= 4 is 17.6 Å². The Morgan fingerprint density at radius 2 is 1.85 bits per heavy atom. The highest BCUT2D eigenvalue weighted by Crippen LogP contribution is 2.21. The van der Waals surface area contributed by atoms with Crippen molar-refractivity contribution in [3.05, 3.63) is 54.0 Å². The molecule has 1 aliphatic heterocycles. The lowest BCUT2D eigenvalue weighted by molar-refractivity contribution is -0.125. The van der Waals surface area contributed by atoms with Crippen LogP contribution in [0.25, 0.3) is 0 Å². The van der Waals surface area contributed by atoms with Gasteiger partial charge in [-0.1, -0.05) is 12.1 Å². The molecule has 1 N–H and O–H groups in total. The third-order valence-electron chi connectivity index (χ3n) is 4.81. The molecule has 7 heteroatoms. The molecule has 7 nitrogen and oxygen atoms in total. The molecule has 0 spiro atoms. The quantitative estimate of drug-likeness (QED) is 0.870. The van der Waals surface area contributed by atoms with E-state index in [0.717, 1.165) is 37.3 Å². The molecule has 142 valence electrons. The molecular formula is C20H25N5O2. The van der Waals surface area contributed by atoms with Crippen LogP contribution in [0.1, 0.15) is 28.8 Å². The highest BCUT2D eigenvalue weighted by Gasteiger charge is 2.25. The average Bonchev–Trinajstić information content (AvgIpc) is 2.72. The Labute approximate surface area is 159 Å². The standard InChI is InChI=1S/C20H25N5O2/c1-24(2)20(27)17-5-3-15(4-6-17)13-23-19(26)16-7-11-25(12-8-16)18-14-21-9-10-22-18/h3-6,9-10,14,16H,7-8,11-13H2,1-2H3,(H,23,26). The van der Waals surface area contributed by atoms with Crippen molar-refractivity contribution in [2.75, 3.05) is 32.1 Å². The van der Waals surface area contributed by atoms with Crippen LogP contribution in [-0.4, -0.2) is 53.9 Å². The molecule has 0 aliphatic carbocycles. The van der Waals surface area contributed by atoms with Crippen molar-refractivity contribution in [1.82, 2.24) is 20.2 Å². The zero-order valence-electron chi connectivity index (χ0n) is 15.8. The second-order valence-corrected chi connectivity index (χ2v) is 6.94. The van der Waals surface area contributed by atoms with Crippen molar-refractivity contribution in [2.24, 2.45) is 5.92 Å². The van der Waals surface area contributed by atoms with E-state index in [1.807, 2.05) is 12.1 Å². The fraction of sp³-hybridized carbons (Fsp3) is 0.400. The summed E-state index contributed by atoms with van der Waals surface area (Å²) in [6.45, 7) is 2.08. The molecule has 1 aliphatic rings. The summed E-state index contributed by atoms with van der Waals surface area (Å²) in [7, 11) is 3.46. The SMILES string of the molecule is CN(C)C(=O)c1ccc(CNC(=O)C2CCN(c3cnccn3)CC2)cc1. The molecule has 1 saturated heterocycles. The van der Waals surface area contributed by atoms with Crippen LogP contribution in [0.15, 0.2) is 42.9 Å². The fourth-order valence-electron chi connectivity index (χ4n) is 3.18. The largest absolute Gasteiger partial charge is 0.355 e. The summed E-state index contributed by atoms with van der Waals surface area (Å²) in [5.74, 6) is 0.943. The van der Waals surface area contributed by atoms with E-state index < -0.39 is 0 Å². The second-order valence-electron chi connectivity index (χ2n) is 6.94. The van der Waals surface area contributed by atoms with Crippen molar-refractivity contribution < 1.29 is 9.59 Å². The third-order valence-corrected chi connectivity index (χ3v) is 4.81. The molecule has 1 aromatic carbocycles. The Balaban J connectivity index is 1.47. The molecule has 0 unspecified atom stereocenters. The van der Waals surface area contributed by atoms with E-state index in [9.17, 15) is 9.59 Å². The maximum absolute atomic E-state index is 12.5. The highest BCUT2D eigenvalue weighted by molar-refractivity contribution is 5.93.